The van der Waals surface area contributed by atoms with Crippen LogP contribution in [0.25, 0.3) is 0 Å². The van der Waals surface area contributed by atoms with Crippen molar-refractivity contribution < 1.29 is 4.74 Å². The van der Waals surface area contributed by atoms with Crippen molar-refractivity contribution in [2.45, 2.75) is 45.4 Å². The predicted octanol–water partition coefficient (Wildman–Crippen LogP) is 3.67. The first-order chi connectivity index (χ1) is 9.17. The van der Waals surface area contributed by atoms with E-state index in [-0.39, 0.29) is 0 Å². The average Bonchev–Trinajstić information content (AvgIpc) is 3.14. The summed E-state index contributed by atoms with van der Waals surface area (Å²) in [5, 5.41) is 3.61. The average molecular weight is 261 g/mol. The Morgan fingerprint density at radius 3 is 2.74 bits per heavy atom. The summed E-state index contributed by atoms with van der Waals surface area (Å²) in [4.78, 5) is 0. The summed E-state index contributed by atoms with van der Waals surface area (Å²) in [5.74, 6) is 1.85. The van der Waals surface area contributed by atoms with Crippen molar-refractivity contribution in [2.75, 3.05) is 20.2 Å². The number of benzene rings is 1. The summed E-state index contributed by atoms with van der Waals surface area (Å²) in [7, 11) is 1.76. The highest BCUT2D eigenvalue weighted by molar-refractivity contribution is 5.43. The topological polar surface area (TPSA) is 21.3 Å². The summed E-state index contributed by atoms with van der Waals surface area (Å²) in [6.07, 6.45) is 3.78. The SMILES string of the molecule is CCCNCC1(c2ccc(C)c(OC)c2)CC1CC. The van der Waals surface area contributed by atoms with Gasteiger partial charge in [0.1, 0.15) is 5.75 Å². The fourth-order valence-electron chi connectivity index (χ4n) is 3.21. The van der Waals surface area contributed by atoms with Gasteiger partial charge in [-0.1, -0.05) is 32.4 Å². The smallest absolute Gasteiger partial charge is 0.122 e. The highest BCUT2D eigenvalue weighted by Gasteiger charge is 2.53. The Balaban J connectivity index is 2.20. The molecule has 0 heterocycles. The third-order valence-electron chi connectivity index (χ3n) is 4.57. The predicted molar refractivity (Wildman–Crippen MR) is 81.0 cm³/mol. The van der Waals surface area contributed by atoms with Crippen molar-refractivity contribution >= 4 is 0 Å². The van der Waals surface area contributed by atoms with Crippen molar-refractivity contribution in [3.05, 3.63) is 29.3 Å². The molecule has 2 atom stereocenters. The zero-order chi connectivity index (χ0) is 13.9. The number of nitrogens with one attached hydrogen (secondary N) is 1. The highest BCUT2D eigenvalue weighted by atomic mass is 16.5. The molecule has 2 nitrogen and oxygen atoms in total. The molecule has 1 saturated carbocycles. The van der Waals surface area contributed by atoms with E-state index < -0.39 is 0 Å². The van der Waals surface area contributed by atoms with Crippen molar-refractivity contribution in [1.29, 1.82) is 0 Å². The molecular formula is C17H27NO. The lowest BCUT2D eigenvalue weighted by Gasteiger charge is -2.20. The fourth-order valence-corrected chi connectivity index (χ4v) is 3.21. The van der Waals surface area contributed by atoms with Gasteiger partial charge in [-0.25, -0.2) is 0 Å². The molecule has 1 fully saturated rings. The molecule has 1 aliphatic carbocycles. The van der Waals surface area contributed by atoms with Crippen LogP contribution in [0.3, 0.4) is 0 Å². The van der Waals surface area contributed by atoms with E-state index in [2.05, 4.69) is 44.3 Å². The van der Waals surface area contributed by atoms with Crippen LogP contribution in [-0.4, -0.2) is 20.2 Å². The second-order valence-electron chi connectivity index (χ2n) is 5.83. The Hall–Kier alpha value is -1.02. The minimum atomic E-state index is 0.352. The molecule has 1 aromatic rings. The first-order valence-electron chi connectivity index (χ1n) is 7.53. The monoisotopic (exact) mass is 261 g/mol. The Morgan fingerprint density at radius 1 is 1.37 bits per heavy atom. The second kappa shape index (κ2) is 5.96. The molecule has 0 bridgehead atoms. The van der Waals surface area contributed by atoms with E-state index in [9.17, 15) is 0 Å². The van der Waals surface area contributed by atoms with E-state index in [0.29, 0.717) is 5.41 Å². The highest BCUT2D eigenvalue weighted by Crippen LogP contribution is 2.56. The third kappa shape index (κ3) is 2.79. The molecule has 2 heteroatoms. The molecule has 0 aromatic heterocycles. The van der Waals surface area contributed by atoms with Gasteiger partial charge in [0.05, 0.1) is 7.11 Å². The fraction of sp³-hybridized carbons (Fsp3) is 0.647. The Kier molecular flexibility index (Phi) is 4.51. The molecule has 2 rings (SSSR count). The summed E-state index contributed by atoms with van der Waals surface area (Å²) in [6.45, 7) is 8.85. The van der Waals surface area contributed by atoms with E-state index in [1.165, 1.54) is 30.4 Å². The van der Waals surface area contributed by atoms with Gasteiger partial charge in [-0.3, -0.25) is 0 Å². The zero-order valence-electron chi connectivity index (χ0n) is 12.8. The number of hydrogen-bond donors (Lipinski definition) is 1. The maximum absolute atomic E-state index is 5.48. The largest absolute Gasteiger partial charge is 0.496 e. The van der Waals surface area contributed by atoms with Crippen LogP contribution in [0.15, 0.2) is 18.2 Å². The van der Waals surface area contributed by atoms with E-state index in [1.807, 2.05) is 0 Å². The van der Waals surface area contributed by atoms with Gasteiger partial charge >= 0.3 is 0 Å². The van der Waals surface area contributed by atoms with Crippen LogP contribution in [0.4, 0.5) is 0 Å². The molecule has 2 unspecified atom stereocenters. The summed E-state index contributed by atoms with van der Waals surface area (Å²) >= 11 is 0. The second-order valence-corrected chi connectivity index (χ2v) is 5.83. The summed E-state index contributed by atoms with van der Waals surface area (Å²) in [5.41, 5.74) is 3.02. The van der Waals surface area contributed by atoms with Gasteiger partial charge in [0.2, 0.25) is 0 Å². The third-order valence-corrected chi connectivity index (χ3v) is 4.57. The first-order valence-corrected chi connectivity index (χ1v) is 7.53. The van der Waals surface area contributed by atoms with E-state index in [1.54, 1.807) is 7.11 Å². The maximum Gasteiger partial charge on any atom is 0.122 e. The standard InChI is InChI=1S/C17H27NO/c1-5-9-18-12-17(11-14(17)6-2)15-8-7-13(3)16(10-15)19-4/h7-8,10,14,18H,5-6,9,11-12H2,1-4H3. The van der Waals surface area contributed by atoms with E-state index in [4.69, 9.17) is 4.74 Å². The van der Waals surface area contributed by atoms with Gasteiger partial charge in [-0.15, -0.1) is 0 Å². The van der Waals surface area contributed by atoms with E-state index in [0.717, 1.165) is 24.8 Å². The van der Waals surface area contributed by atoms with Gasteiger partial charge in [-0.2, -0.15) is 0 Å². The number of ether oxygens (including phenoxy) is 1. The van der Waals surface area contributed by atoms with Crippen LogP contribution in [0.1, 0.15) is 44.2 Å². The van der Waals surface area contributed by atoms with Crippen LogP contribution in [0.5, 0.6) is 5.75 Å². The lowest BCUT2D eigenvalue weighted by Crippen LogP contribution is -2.29. The molecule has 1 aromatic carbocycles. The van der Waals surface area contributed by atoms with Gasteiger partial charge in [-0.05, 0) is 49.4 Å². The molecule has 0 spiro atoms. The van der Waals surface area contributed by atoms with Crippen molar-refractivity contribution in [2.24, 2.45) is 5.92 Å². The van der Waals surface area contributed by atoms with Gasteiger partial charge < -0.3 is 10.1 Å². The van der Waals surface area contributed by atoms with Crippen LogP contribution >= 0.6 is 0 Å². The molecular weight excluding hydrogens is 234 g/mol. The molecule has 19 heavy (non-hydrogen) atoms. The van der Waals surface area contributed by atoms with Gasteiger partial charge in [0, 0.05) is 12.0 Å². The summed E-state index contributed by atoms with van der Waals surface area (Å²) in [6, 6.07) is 6.74. The van der Waals surface area contributed by atoms with Crippen LogP contribution in [-0.2, 0) is 5.41 Å². The number of methoxy groups -OCH3 is 1. The normalized spacial score (nSPS) is 25.4. The molecule has 1 N–H and O–H groups in total. The number of hydrogen-bond acceptors (Lipinski definition) is 2. The molecule has 106 valence electrons. The van der Waals surface area contributed by atoms with Crippen molar-refractivity contribution in [1.82, 2.24) is 5.32 Å². The molecule has 0 amide bonds. The first kappa shape index (κ1) is 14.4. The maximum atomic E-state index is 5.48. The Bertz CT molecular complexity index is 429. The number of rotatable bonds is 7. The van der Waals surface area contributed by atoms with Crippen molar-refractivity contribution in [3.8, 4) is 5.75 Å². The van der Waals surface area contributed by atoms with Crippen LogP contribution < -0.4 is 10.1 Å². The zero-order valence-corrected chi connectivity index (χ0v) is 12.8. The summed E-state index contributed by atoms with van der Waals surface area (Å²) < 4.78 is 5.48. The Labute approximate surface area is 117 Å². The minimum absolute atomic E-state index is 0.352. The molecule has 0 aliphatic heterocycles. The van der Waals surface area contributed by atoms with E-state index >= 15 is 0 Å². The van der Waals surface area contributed by atoms with Crippen molar-refractivity contribution in [3.63, 3.8) is 0 Å². The Morgan fingerprint density at radius 2 is 2.16 bits per heavy atom. The lowest BCUT2D eigenvalue weighted by atomic mass is 9.91. The lowest BCUT2D eigenvalue weighted by molar-refractivity contribution is 0.409. The number of aryl methyl sites for hydroxylation is 1. The van der Waals surface area contributed by atoms with Crippen LogP contribution in [0, 0.1) is 12.8 Å². The van der Waals surface area contributed by atoms with Gasteiger partial charge in [0.25, 0.3) is 0 Å². The molecule has 0 saturated heterocycles. The molecule has 0 radical (unpaired) electrons. The quantitative estimate of drug-likeness (QED) is 0.756. The van der Waals surface area contributed by atoms with Crippen LogP contribution in [0.2, 0.25) is 0 Å². The minimum Gasteiger partial charge on any atom is -0.496 e. The van der Waals surface area contributed by atoms with Gasteiger partial charge in [0.15, 0.2) is 0 Å². The molecule has 1 aliphatic rings.